The molecule has 8 nitrogen and oxygen atoms in total. The largest absolute Gasteiger partial charge is 0.497 e. The average molecular weight is 573 g/mol. The fourth-order valence-electron chi connectivity index (χ4n) is 4.19. The number of aliphatic imine (C=N–C) groups is 2. The van der Waals surface area contributed by atoms with Crippen LogP contribution in [0.2, 0.25) is 0 Å². The molecular formula is C32H32N2O6S. The Morgan fingerprint density at radius 3 is 1.76 bits per heavy atom. The van der Waals surface area contributed by atoms with Crippen molar-refractivity contribution in [1.29, 1.82) is 0 Å². The highest BCUT2D eigenvalue weighted by molar-refractivity contribution is 7.91. The summed E-state index contributed by atoms with van der Waals surface area (Å²) < 4.78 is 49.3. The van der Waals surface area contributed by atoms with Crippen LogP contribution in [0.3, 0.4) is 0 Å². The molecule has 0 saturated carbocycles. The first-order chi connectivity index (χ1) is 19.7. The second kappa shape index (κ2) is 12.7. The van der Waals surface area contributed by atoms with Crippen LogP contribution in [0.25, 0.3) is 0 Å². The van der Waals surface area contributed by atoms with Gasteiger partial charge in [0.1, 0.15) is 11.5 Å². The third-order valence-corrected chi connectivity index (χ3v) is 8.11. The smallest absolute Gasteiger partial charge is 0.224 e. The maximum absolute atomic E-state index is 13.7. The van der Waals surface area contributed by atoms with E-state index in [9.17, 15) is 8.42 Å². The van der Waals surface area contributed by atoms with Gasteiger partial charge in [-0.2, -0.15) is 0 Å². The molecule has 4 aromatic rings. The molecule has 0 aromatic heterocycles. The van der Waals surface area contributed by atoms with Crippen LogP contribution in [0.4, 0.5) is 11.4 Å². The molecular weight excluding hydrogens is 540 g/mol. The van der Waals surface area contributed by atoms with Gasteiger partial charge in [-0.05, 0) is 80.1 Å². The van der Waals surface area contributed by atoms with E-state index < -0.39 is 9.84 Å². The van der Waals surface area contributed by atoms with Gasteiger partial charge in [0.2, 0.25) is 21.6 Å². The summed E-state index contributed by atoms with van der Waals surface area (Å²) in [5.74, 6) is 1.89. The van der Waals surface area contributed by atoms with Gasteiger partial charge in [-0.1, -0.05) is 29.8 Å². The van der Waals surface area contributed by atoms with Crippen LogP contribution in [-0.2, 0) is 19.3 Å². The zero-order valence-electron chi connectivity index (χ0n) is 23.8. The lowest BCUT2D eigenvalue weighted by Crippen LogP contribution is -2.07. The molecule has 0 radical (unpaired) electrons. The summed E-state index contributed by atoms with van der Waals surface area (Å²) in [6.07, 6.45) is 0. The number of methoxy groups -OCH3 is 4. The fourth-order valence-corrected chi connectivity index (χ4v) is 5.53. The number of sulfone groups is 1. The van der Waals surface area contributed by atoms with E-state index in [0.717, 1.165) is 16.7 Å². The second-order valence-electron chi connectivity index (χ2n) is 9.12. The normalized spacial score (nSPS) is 12.1. The van der Waals surface area contributed by atoms with Crippen LogP contribution in [0.15, 0.2) is 105 Å². The average Bonchev–Trinajstić information content (AvgIpc) is 2.99. The van der Waals surface area contributed by atoms with E-state index in [1.165, 1.54) is 38.5 Å². The molecule has 0 amide bonds. The Bertz CT molecular complexity index is 1730. The van der Waals surface area contributed by atoms with Crippen molar-refractivity contribution in [3.05, 3.63) is 107 Å². The fraction of sp³-hybridized carbons (Fsp3) is 0.188. The molecule has 0 saturated heterocycles. The van der Waals surface area contributed by atoms with Crippen molar-refractivity contribution in [3.8, 4) is 11.5 Å². The van der Waals surface area contributed by atoms with Gasteiger partial charge in [0.15, 0.2) is 0 Å². The van der Waals surface area contributed by atoms with Crippen molar-refractivity contribution in [2.75, 3.05) is 28.4 Å². The van der Waals surface area contributed by atoms with Crippen LogP contribution in [0.5, 0.6) is 11.5 Å². The highest BCUT2D eigenvalue weighted by Gasteiger charge is 2.20. The number of aryl methyl sites for hydroxylation is 2. The number of nitrogens with zero attached hydrogens (tertiary/aromatic N) is 2. The Labute approximate surface area is 240 Å². The third kappa shape index (κ3) is 6.58. The van der Waals surface area contributed by atoms with E-state index in [1.807, 2.05) is 50.2 Å². The standard InChI is InChI=1S/C32H32N2O6S/c1-21-13-16-30(38-4)29(17-21)32(40-6)34-24-10-8-12-27(19-24)41(35,36)26-11-7-9-23(18-26)33-31(39-5)28-20-25(37-3)15-14-22(28)2/h7-20H,1-6H3/b33-31-,34-32-. The Morgan fingerprint density at radius 2 is 1.22 bits per heavy atom. The van der Waals surface area contributed by atoms with Gasteiger partial charge in [-0.25, -0.2) is 18.4 Å². The van der Waals surface area contributed by atoms with Crippen molar-refractivity contribution in [2.24, 2.45) is 9.98 Å². The molecule has 212 valence electrons. The minimum Gasteiger partial charge on any atom is -0.497 e. The SMILES string of the molecule is CO/C(=N\c1cccc(S(=O)(=O)c2cccc(/N=C(\OC)c3cc(C)ccc3OC)c2)c1)c1cc(OC)ccc1C. The molecule has 0 N–H and O–H groups in total. The summed E-state index contributed by atoms with van der Waals surface area (Å²) in [5, 5.41) is 0. The minimum absolute atomic E-state index is 0.0853. The summed E-state index contributed by atoms with van der Waals surface area (Å²) in [6.45, 7) is 3.89. The van der Waals surface area contributed by atoms with E-state index in [4.69, 9.17) is 18.9 Å². The van der Waals surface area contributed by atoms with E-state index in [2.05, 4.69) is 9.98 Å². The molecule has 0 bridgehead atoms. The van der Waals surface area contributed by atoms with Crippen molar-refractivity contribution in [1.82, 2.24) is 0 Å². The molecule has 0 unspecified atom stereocenters. The highest BCUT2D eigenvalue weighted by atomic mass is 32.2. The molecule has 0 spiro atoms. The van der Waals surface area contributed by atoms with Crippen LogP contribution in [-0.4, -0.2) is 48.7 Å². The second-order valence-corrected chi connectivity index (χ2v) is 11.1. The number of ether oxygens (including phenoxy) is 4. The van der Waals surface area contributed by atoms with E-state index in [-0.39, 0.29) is 9.79 Å². The molecule has 0 aliphatic heterocycles. The summed E-state index contributed by atoms with van der Waals surface area (Å²) in [5.41, 5.74) is 4.18. The van der Waals surface area contributed by atoms with E-state index >= 15 is 0 Å². The van der Waals surface area contributed by atoms with Gasteiger partial charge in [-0.3, -0.25) is 0 Å². The zero-order chi connectivity index (χ0) is 29.6. The summed E-state index contributed by atoms with van der Waals surface area (Å²) in [7, 11) is 2.28. The van der Waals surface area contributed by atoms with Gasteiger partial charge < -0.3 is 18.9 Å². The van der Waals surface area contributed by atoms with E-state index in [0.29, 0.717) is 40.2 Å². The lowest BCUT2D eigenvalue weighted by molar-refractivity contribution is 0.390. The summed E-state index contributed by atoms with van der Waals surface area (Å²) >= 11 is 0. The van der Waals surface area contributed by atoms with Gasteiger partial charge in [0.05, 0.1) is 55.2 Å². The van der Waals surface area contributed by atoms with Crippen LogP contribution >= 0.6 is 0 Å². The van der Waals surface area contributed by atoms with Crippen molar-refractivity contribution < 1.29 is 27.4 Å². The number of hydrogen-bond donors (Lipinski definition) is 0. The number of hydrogen-bond acceptors (Lipinski definition) is 8. The molecule has 9 heteroatoms. The Balaban J connectivity index is 1.71. The monoisotopic (exact) mass is 572 g/mol. The van der Waals surface area contributed by atoms with E-state index in [1.54, 1.807) is 38.5 Å². The zero-order valence-corrected chi connectivity index (χ0v) is 24.7. The molecule has 0 atom stereocenters. The lowest BCUT2D eigenvalue weighted by Gasteiger charge is -2.12. The third-order valence-electron chi connectivity index (χ3n) is 6.36. The summed E-state index contributed by atoms with van der Waals surface area (Å²) in [6, 6.07) is 24.0. The first-order valence-electron chi connectivity index (χ1n) is 12.7. The molecule has 0 fully saturated rings. The predicted molar refractivity (Wildman–Crippen MR) is 160 cm³/mol. The molecule has 4 aromatic carbocycles. The first-order valence-corrected chi connectivity index (χ1v) is 14.2. The Morgan fingerprint density at radius 1 is 0.634 bits per heavy atom. The number of rotatable bonds is 8. The Kier molecular flexibility index (Phi) is 9.09. The summed E-state index contributed by atoms with van der Waals surface area (Å²) in [4.78, 5) is 9.36. The topological polar surface area (TPSA) is 95.8 Å². The number of benzene rings is 4. The van der Waals surface area contributed by atoms with Crippen LogP contribution < -0.4 is 9.47 Å². The molecule has 0 aliphatic carbocycles. The molecule has 41 heavy (non-hydrogen) atoms. The van der Waals surface area contributed by atoms with Crippen molar-refractivity contribution in [3.63, 3.8) is 0 Å². The highest BCUT2D eigenvalue weighted by Crippen LogP contribution is 2.29. The van der Waals surface area contributed by atoms with Crippen molar-refractivity contribution in [2.45, 2.75) is 23.6 Å². The van der Waals surface area contributed by atoms with Gasteiger partial charge in [-0.15, -0.1) is 0 Å². The molecule has 0 aliphatic rings. The van der Waals surface area contributed by atoms with Crippen molar-refractivity contribution >= 4 is 33.0 Å². The maximum Gasteiger partial charge on any atom is 0.224 e. The van der Waals surface area contributed by atoms with Crippen LogP contribution in [0.1, 0.15) is 22.3 Å². The Hall–Kier alpha value is -4.63. The van der Waals surface area contributed by atoms with Crippen LogP contribution in [0, 0.1) is 13.8 Å². The van der Waals surface area contributed by atoms with Gasteiger partial charge in [0.25, 0.3) is 0 Å². The van der Waals surface area contributed by atoms with Gasteiger partial charge >= 0.3 is 0 Å². The predicted octanol–water partition coefficient (Wildman–Crippen LogP) is 6.60. The maximum atomic E-state index is 13.7. The quantitative estimate of drug-likeness (QED) is 0.174. The lowest BCUT2D eigenvalue weighted by atomic mass is 10.1. The molecule has 4 rings (SSSR count). The first kappa shape index (κ1) is 29.4. The molecule has 0 heterocycles. The minimum atomic E-state index is -3.90. The van der Waals surface area contributed by atoms with Gasteiger partial charge in [0, 0.05) is 5.56 Å².